The standard InChI is InChI=1S/C19H13ClN2O6/c1-28-15-7-4-12(20)8-11(15)9-14-16(23)21-19(27)22(17(14)24)13-5-2-10(3-6-13)18(25)26/h2-9H,1H3,(H,25,26)(H,21,23,27)/p-1/b14-9-. The third kappa shape index (κ3) is 3.58. The Balaban J connectivity index is 2.03. The van der Waals surface area contributed by atoms with Crippen LogP contribution in [0.5, 0.6) is 5.75 Å². The molecule has 1 saturated heterocycles. The van der Waals surface area contributed by atoms with E-state index in [1.807, 2.05) is 0 Å². The summed E-state index contributed by atoms with van der Waals surface area (Å²) in [5.41, 5.74) is 0.0207. The Bertz CT molecular complexity index is 1030. The smallest absolute Gasteiger partial charge is 0.335 e. The molecule has 1 aliphatic heterocycles. The van der Waals surface area contributed by atoms with Gasteiger partial charge in [-0.1, -0.05) is 23.7 Å². The van der Waals surface area contributed by atoms with Crippen molar-refractivity contribution in [2.75, 3.05) is 12.0 Å². The molecule has 8 nitrogen and oxygen atoms in total. The van der Waals surface area contributed by atoms with Gasteiger partial charge in [0.05, 0.1) is 18.8 Å². The fourth-order valence-corrected chi connectivity index (χ4v) is 2.79. The summed E-state index contributed by atoms with van der Waals surface area (Å²) in [6.45, 7) is 0. The number of hydrogen-bond donors (Lipinski definition) is 1. The van der Waals surface area contributed by atoms with Crippen LogP contribution in [-0.4, -0.2) is 30.9 Å². The van der Waals surface area contributed by atoms with Gasteiger partial charge in [-0.3, -0.25) is 14.9 Å². The van der Waals surface area contributed by atoms with E-state index in [1.54, 1.807) is 12.1 Å². The molecule has 9 heteroatoms. The number of carboxylic acids is 1. The first-order chi connectivity index (χ1) is 13.3. The number of carbonyl (C=O) groups is 4. The summed E-state index contributed by atoms with van der Waals surface area (Å²) in [6.07, 6.45) is 1.26. The number of nitrogens with zero attached hydrogens (tertiary/aromatic N) is 1. The molecule has 142 valence electrons. The minimum absolute atomic E-state index is 0.0870. The maximum Gasteiger partial charge on any atom is 0.335 e. The van der Waals surface area contributed by atoms with Gasteiger partial charge in [-0.25, -0.2) is 9.69 Å². The van der Waals surface area contributed by atoms with Gasteiger partial charge in [-0.05, 0) is 42.0 Å². The molecule has 0 atom stereocenters. The highest BCUT2D eigenvalue weighted by molar-refractivity contribution is 6.39. The highest BCUT2D eigenvalue weighted by atomic mass is 35.5. The van der Waals surface area contributed by atoms with Crippen molar-refractivity contribution in [3.63, 3.8) is 0 Å². The zero-order chi connectivity index (χ0) is 20.4. The predicted octanol–water partition coefficient (Wildman–Crippen LogP) is 1.38. The fraction of sp³-hybridized carbons (Fsp3) is 0.0526. The summed E-state index contributed by atoms with van der Waals surface area (Å²) in [6, 6.07) is 8.60. The van der Waals surface area contributed by atoms with E-state index < -0.39 is 23.8 Å². The predicted molar refractivity (Wildman–Crippen MR) is 97.8 cm³/mol. The molecule has 0 aromatic heterocycles. The van der Waals surface area contributed by atoms with E-state index in [9.17, 15) is 24.3 Å². The molecule has 1 aliphatic rings. The van der Waals surface area contributed by atoms with Crippen molar-refractivity contribution >= 4 is 47.2 Å². The number of rotatable bonds is 4. The molecular formula is C19H12ClN2O6-. The Morgan fingerprint density at radius 1 is 1.14 bits per heavy atom. The van der Waals surface area contributed by atoms with E-state index in [1.165, 1.54) is 43.5 Å². The third-order valence-corrected chi connectivity index (χ3v) is 4.19. The number of halogens is 1. The van der Waals surface area contributed by atoms with Gasteiger partial charge in [0.1, 0.15) is 11.3 Å². The normalized spacial score (nSPS) is 15.6. The molecule has 1 fully saturated rings. The summed E-state index contributed by atoms with van der Waals surface area (Å²) in [4.78, 5) is 48.8. The largest absolute Gasteiger partial charge is 0.545 e. The first-order valence-corrected chi connectivity index (χ1v) is 8.26. The molecule has 0 bridgehead atoms. The fourth-order valence-electron chi connectivity index (χ4n) is 2.61. The minimum atomic E-state index is -1.40. The molecule has 3 rings (SSSR count). The highest BCUT2D eigenvalue weighted by Gasteiger charge is 2.37. The molecule has 1 N–H and O–H groups in total. The maximum atomic E-state index is 12.8. The topological polar surface area (TPSA) is 116 Å². The number of barbiturate groups is 1. The molecule has 2 aromatic rings. The molecule has 2 aromatic carbocycles. The number of urea groups is 1. The molecule has 4 amide bonds. The number of hydrogen-bond acceptors (Lipinski definition) is 6. The zero-order valence-corrected chi connectivity index (χ0v) is 15.1. The van der Waals surface area contributed by atoms with Gasteiger partial charge in [0, 0.05) is 10.6 Å². The average molecular weight is 400 g/mol. The molecule has 0 saturated carbocycles. The number of benzene rings is 2. The molecule has 28 heavy (non-hydrogen) atoms. The lowest BCUT2D eigenvalue weighted by Crippen LogP contribution is -2.54. The molecule has 0 aliphatic carbocycles. The molecular weight excluding hydrogens is 388 g/mol. The zero-order valence-electron chi connectivity index (χ0n) is 14.4. The number of carboxylic acid groups (broad SMARTS) is 1. The first kappa shape index (κ1) is 19.1. The molecule has 0 radical (unpaired) electrons. The molecule has 0 unspecified atom stereocenters. The van der Waals surface area contributed by atoms with Crippen molar-refractivity contribution in [2.24, 2.45) is 0 Å². The second-order valence-electron chi connectivity index (χ2n) is 5.68. The Labute approximate surface area is 164 Å². The highest BCUT2D eigenvalue weighted by Crippen LogP contribution is 2.27. The Hall–Kier alpha value is -3.65. The monoisotopic (exact) mass is 399 g/mol. The first-order valence-electron chi connectivity index (χ1n) is 7.88. The summed E-state index contributed by atoms with van der Waals surface area (Å²) >= 11 is 5.96. The number of aromatic carboxylic acids is 1. The quantitative estimate of drug-likeness (QED) is 0.613. The van der Waals surface area contributed by atoms with Crippen LogP contribution in [0.15, 0.2) is 48.0 Å². The van der Waals surface area contributed by atoms with Gasteiger partial charge >= 0.3 is 6.03 Å². The van der Waals surface area contributed by atoms with Crippen LogP contribution < -0.4 is 20.1 Å². The Morgan fingerprint density at radius 2 is 1.82 bits per heavy atom. The third-order valence-electron chi connectivity index (χ3n) is 3.95. The van der Waals surface area contributed by atoms with Crippen LogP contribution in [0.2, 0.25) is 5.02 Å². The van der Waals surface area contributed by atoms with Crippen LogP contribution in [0.3, 0.4) is 0 Å². The number of imide groups is 2. The van der Waals surface area contributed by atoms with Crippen LogP contribution in [0.1, 0.15) is 15.9 Å². The van der Waals surface area contributed by atoms with Crippen LogP contribution in [0.4, 0.5) is 10.5 Å². The van der Waals surface area contributed by atoms with E-state index in [4.69, 9.17) is 16.3 Å². The van der Waals surface area contributed by atoms with Gasteiger partial charge in [0.15, 0.2) is 0 Å². The van der Waals surface area contributed by atoms with Crippen LogP contribution in [0, 0.1) is 0 Å². The number of methoxy groups -OCH3 is 1. The maximum absolute atomic E-state index is 12.8. The average Bonchev–Trinajstić information content (AvgIpc) is 2.65. The van der Waals surface area contributed by atoms with Gasteiger partial charge in [-0.15, -0.1) is 0 Å². The van der Waals surface area contributed by atoms with Crippen molar-refractivity contribution in [2.45, 2.75) is 0 Å². The minimum Gasteiger partial charge on any atom is -0.545 e. The number of nitrogens with one attached hydrogen (secondary N) is 1. The SMILES string of the molecule is COc1ccc(Cl)cc1/C=C1/C(=O)NC(=O)N(c2ccc(C(=O)[O-])cc2)C1=O. The second kappa shape index (κ2) is 7.53. The van der Waals surface area contributed by atoms with E-state index in [2.05, 4.69) is 5.32 Å². The van der Waals surface area contributed by atoms with E-state index >= 15 is 0 Å². The lowest BCUT2D eigenvalue weighted by atomic mass is 10.1. The van der Waals surface area contributed by atoms with Crippen molar-refractivity contribution in [3.8, 4) is 5.75 Å². The van der Waals surface area contributed by atoms with Crippen LogP contribution in [-0.2, 0) is 9.59 Å². The van der Waals surface area contributed by atoms with Crippen LogP contribution >= 0.6 is 11.6 Å². The summed E-state index contributed by atoms with van der Waals surface area (Å²) in [7, 11) is 1.42. The Morgan fingerprint density at radius 3 is 2.43 bits per heavy atom. The van der Waals surface area contributed by atoms with Crippen LogP contribution in [0.25, 0.3) is 6.08 Å². The van der Waals surface area contributed by atoms with Crippen molar-refractivity contribution in [1.82, 2.24) is 5.32 Å². The lowest BCUT2D eigenvalue weighted by Gasteiger charge is -2.26. The number of amides is 4. The van der Waals surface area contributed by atoms with Gasteiger partial charge in [-0.2, -0.15) is 0 Å². The summed E-state index contributed by atoms with van der Waals surface area (Å²) < 4.78 is 5.19. The Kier molecular flexibility index (Phi) is 5.14. The number of anilines is 1. The second-order valence-corrected chi connectivity index (χ2v) is 6.11. The van der Waals surface area contributed by atoms with E-state index in [0.29, 0.717) is 16.3 Å². The number of carbonyl (C=O) groups excluding carboxylic acids is 4. The molecule has 0 spiro atoms. The number of ether oxygens (including phenoxy) is 1. The van der Waals surface area contributed by atoms with Crippen molar-refractivity contribution < 1.29 is 29.0 Å². The van der Waals surface area contributed by atoms with E-state index in [0.717, 1.165) is 4.90 Å². The summed E-state index contributed by atoms with van der Waals surface area (Å²) in [5, 5.41) is 13.3. The van der Waals surface area contributed by atoms with Crippen molar-refractivity contribution in [3.05, 3.63) is 64.2 Å². The van der Waals surface area contributed by atoms with Gasteiger partial charge in [0.2, 0.25) is 0 Å². The van der Waals surface area contributed by atoms with Gasteiger partial charge in [0.25, 0.3) is 11.8 Å². The molecule has 1 heterocycles. The summed E-state index contributed by atoms with van der Waals surface area (Å²) in [5.74, 6) is -2.78. The van der Waals surface area contributed by atoms with Crippen molar-refractivity contribution in [1.29, 1.82) is 0 Å². The van der Waals surface area contributed by atoms with Gasteiger partial charge < -0.3 is 14.6 Å². The van der Waals surface area contributed by atoms with E-state index in [-0.39, 0.29) is 16.8 Å². The lowest BCUT2D eigenvalue weighted by molar-refractivity contribution is -0.255.